The maximum absolute atomic E-state index is 13.7. The Kier molecular flexibility index (Phi) is 8.11. The Morgan fingerprint density at radius 3 is 2.58 bits per heavy atom. The molecule has 0 radical (unpaired) electrons. The summed E-state index contributed by atoms with van der Waals surface area (Å²) in [5, 5.41) is 14.9. The maximum Gasteiger partial charge on any atom is 0.328 e. The summed E-state index contributed by atoms with van der Waals surface area (Å²) < 4.78 is 5.42. The molecule has 2 fully saturated rings. The number of likely N-dealkylation sites (tertiary alicyclic amines) is 1. The topological polar surface area (TPSA) is 135 Å². The number of carbonyl (C=O) groups is 3. The van der Waals surface area contributed by atoms with Crippen molar-refractivity contribution in [1.82, 2.24) is 15.2 Å². The van der Waals surface area contributed by atoms with Gasteiger partial charge in [0.1, 0.15) is 17.7 Å². The zero-order valence-electron chi connectivity index (χ0n) is 21.9. The minimum atomic E-state index is -1.76. The van der Waals surface area contributed by atoms with Crippen molar-refractivity contribution in [2.75, 3.05) is 6.54 Å². The number of carbonyl (C=O) groups excluding carboxylic acids is 3. The minimum absolute atomic E-state index is 0.0525. The summed E-state index contributed by atoms with van der Waals surface area (Å²) in [6, 6.07) is 8.23. The van der Waals surface area contributed by atoms with Crippen LogP contribution in [0.1, 0.15) is 69.3 Å². The molecule has 10 heteroatoms. The SMILES string of the molecule is CC(C)(C)OC(=O)C(N)c1ccc(Cl)cc1CNC(=O)[C@@H]1CCCN1C(=O)C(O)(c1ccccn1)C1CC1. The third kappa shape index (κ3) is 6.00. The van der Waals surface area contributed by atoms with E-state index < -0.39 is 35.2 Å². The number of ether oxygens (including phenoxy) is 1. The van der Waals surface area contributed by atoms with Crippen LogP contribution >= 0.6 is 11.6 Å². The molecule has 2 aliphatic rings. The molecule has 2 aromatic rings. The quantitative estimate of drug-likeness (QED) is 0.436. The highest BCUT2D eigenvalue weighted by Crippen LogP contribution is 2.47. The molecule has 1 aromatic carbocycles. The predicted octanol–water partition coefficient (Wildman–Crippen LogP) is 2.98. The van der Waals surface area contributed by atoms with Gasteiger partial charge in [0.2, 0.25) is 5.91 Å². The third-order valence-electron chi connectivity index (χ3n) is 6.92. The number of hydrogen-bond acceptors (Lipinski definition) is 7. The normalized spacial score (nSPS) is 19.9. The second-order valence-electron chi connectivity index (χ2n) is 11.0. The molecule has 2 amide bonds. The van der Waals surface area contributed by atoms with Crippen molar-refractivity contribution >= 4 is 29.4 Å². The fraction of sp³-hybridized carbons (Fsp3) is 0.500. The number of nitrogens with two attached hydrogens (primary N) is 1. The van der Waals surface area contributed by atoms with Gasteiger partial charge in [-0.05, 0) is 81.8 Å². The average Bonchev–Trinajstić information content (AvgIpc) is 3.62. The van der Waals surface area contributed by atoms with Crippen LogP contribution in [0.3, 0.4) is 0 Å². The lowest BCUT2D eigenvalue weighted by Gasteiger charge is -2.33. The van der Waals surface area contributed by atoms with E-state index in [4.69, 9.17) is 22.1 Å². The van der Waals surface area contributed by atoms with Gasteiger partial charge in [-0.2, -0.15) is 0 Å². The Bertz CT molecular complexity index is 1200. The van der Waals surface area contributed by atoms with Crippen molar-refractivity contribution in [3.63, 3.8) is 0 Å². The molecule has 2 heterocycles. The molecule has 0 spiro atoms. The number of nitrogens with zero attached hydrogens (tertiary/aromatic N) is 2. The molecule has 1 aliphatic carbocycles. The van der Waals surface area contributed by atoms with Crippen LogP contribution in [0.25, 0.3) is 0 Å². The molecular weight excluding hydrogens is 508 g/mol. The van der Waals surface area contributed by atoms with Gasteiger partial charge in [-0.3, -0.25) is 14.6 Å². The van der Waals surface area contributed by atoms with E-state index in [2.05, 4.69) is 10.3 Å². The number of aliphatic hydroxyl groups is 1. The first-order valence-corrected chi connectivity index (χ1v) is 13.3. The number of pyridine rings is 1. The van der Waals surface area contributed by atoms with E-state index in [0.29, 0.717) is 41.2 Å². The van der Waals surface area contributed by atoms with Gasteiger partial charge < -0.3 is 25.8 Å². The molecule has 1 aromatic heterocycles. The van der Waals surface area contributed by atoms with Crippen molar-refractivity contribution in [2.45, 2.75) is 76.3 Å². The average molecular weight is 543 g/mol. The Labute approximate surface area is 227 Å². The van der Waals surface area contributed by atoms with Gasteiger partial charge in [-0.25, -0.2) is 4.79 Å². The summed E-state index contributed by atoms with van der Waals surface area (Å²) in [4.78, 5) is 45.3. The molecule has 1 saturated carbocycles. The molecule has 0 bridgehead atoms. The lowest BCUT2D eigenvalue weighted by Crippen LogP contribution is -2.54. The third-order valence-corrected chi connectivity index (χ3v) is 7.15. The summed E-state index contributed by atoms with van der Waals surface area (Å²) in [5.41, 5.74) is 5.11. The highest BCUT2D eigenvalue weighted by molar-refractivity contribution is 6.30. The molecule has 3 atom stereocenters. The molecule has 2 unspecified atom stereocenters. The van der Waals surface area contributed by atoms with Crippen LogP contribution < -0.4 is 11.1 Å². The van der Waals surface area contributed by atoms with Crippen molar-refractivity contribution < 1.29 is 24.2 Å². The fourth-order valence-electron chi connectivity index (χ4n) is 4.91. The molecule has 4 N–H and O–H groups in total. The van der Waals surface area contributed by atoms with Crippen LogP contribution in [0.5, 0.6) is 0 Å². The first-order valence-electron chi connectivity index (χ1n) is 12.9. The van der Waals surface area contributed by atoms with Gasteiger partial charge in [-0.1, -0.05) is 23.7 Å². The minimum Gasteiger partial charge on any atom is -0.459 e. The standard InChI is InChI=1S/C28H35ClN4O5/c1-27(2,3)38-25(35)23(30)20-12-11-19(29)15-17(20)16-32-24(34)21-7-6-14-33(21)26(36)28(37,18-9-10-18)22-8-4-5-13-31-22/h4-5,8,11-13,15,18,21,23,37H,6-7,9-10,14,16,30H2,1-3H3,(H,32,34)/t21-,23?,28?/m0/s1. The van der Waals surface area contributed by atoms with E-state index in [-0.39, 0.29) is 18.4 Å². The van der Waals surface area contributed by atoms with Crippen LogP contribution in [0.15, 0.2) is 42.6 Å². The Balaban J connectivity index is 1.49. The highest BCUT2D eigenvalue weighted by atomic mass is 35.5. The number of aromatic nitrogens is 1. The van der Waals surface area contributed by atoms with Gasteiger partial charge in [0, 0.05) is 30.2 Å². The maximum atomic E-state index is 13.7. The van der Waals surface area contributed by atoms with Crippen LogP contribution in [0.2, 0.25) is 5.02 Å². The van der Waals surface area contributed by atoms with Crippen molar-refractivity contribution in [1.29, 1.82) is 0 Å². The highest BCUT2D eigenvalue weighted by Gasteiger charge is 2.55. The van der Waals surface area contributed by atoms with Gasteiger partial charge in [-0.15, -0.1) is 0 Å². The Morgan fingerprint density at radius 2 is 1.95 bits per heavy atom. The second-order valence-corrected chi connectivity index (χ2v) is 11.4. The van der Waals surface area contributed by atoms with Gasteiger partial charge in [0.15, 0.2) is 5.60 Å². The van der Waals surface area contributed by atoms with E-state index in [9.17, 15) is 19.5 Å². The summed E-state index contributed by atoms with van der Waals surface area (Å²) in [6.45, 7) is 5.69. The molecule has 204 valence electrons. The number of hydrogen-bond donors (Lipinski definition) is 3. The molecule has 38 heavy (non-hydrogen) atoms. The zero-order valence-corrected chi connectivity index (χ0v) is 22.7. The summed E-state index contributed by atoms with van der Waals surface area (Å²) >= 11 is 6.20. The van der Waals surface area contributed by atoms with Gasteiger partial charge >= 0.3 is 5.97 Å². The number of nitrogens with one attached hydrogen (secondary N) is 1. The monoisotopic (exact) mass is 542 g/mol. The fourth-order valence-corrected chi connectivity index (χ4v) is 5.10. The first-order chi connectivity index (χ1) is 17.9. The van der Waals surface area contributed by atoms with Gasteiger partial charge in [0.25, 0.3) is 5.91 Å². The van der Waals surface area contributed by atoms with E-state index in [1.165, 1.54) is 4.90 Å². The smallest absolute Gasteiger partial charge is 0.328 e. The van der Waals surface area contributed by atoms with Crippen LogP contribution in [0.4, 0.5) is 0 Å². The molecular formula is C28H35ClN4O5. The summed E-state index contributed by atoms with van der Waals surface area (Å²) in [6.07, 6.45) is 4.10. The van der Waals surface area contributed by atoms with Crippen LogP contribution in [0, 0.1) is 5.92 Å². The lowest BCUT2D eigenvalue weighted by molar-refractivity contribution is -0.159. The number of amides is 2. The summed E-state index contributed by atoms with van der Waals surface area (Å²) in [5.74, 6) is -1.66. The molecule has 9 nitrogen and oxygen atoms in total. The molecule has 1 aliphatic heterocycles. The number of esters is 1. The van der Waals surface area contributed by atoms with Crippen LogP contribution in [-0.2, 0) is 31.3 Å². The number of halogens is 1. The van der Waals surface area contributed by atoms with E-state index >= 15 is 0 Å². The predicted molar refractivity (Wildman–Crippen MR) is 142 cm³/mol. The first kappa shape index (κ1) is 28.0. The second kappa shape index (κ2) is 11.0. The van der Waals surface area contributed by atoms with E-state index in [1.54, 1.807) is 63.4 Å². The number of rotatable bonds is 8. The van der Waals surface area contributed by atoms with Crippen molar-refractivity contribution in [3.05, 3.63) is 64.4 Å². The lowest BCUT2D eigenvalue weighted by atomic mass is 9.90. The zero-order chi connectivity index (χ0) is 27.7. The van der Waals surface area contributed by atoms with Crippen molar-refractivity contribution in [2.24, 2.45) is 11.7 Å². The van der Waals surface area contributed by atoms with Crippen molar-refractivity contribution in [3.8, 4) is 0 Å². The van der Waals surface area contributed by atoms with Crippen LogP contribution in [-0.4, -0.2) is 51.0 Å². The van der Waals surface area contributed by atoms with Gasteiger partial charge in [0.05, 0.1) is 5.69 Å². The largest absolute Gasteiger partial charge is 0.459 e. The Morgan fingerprint density at radius 1 is 1.21 bits per heavy atom. The Hall–Kier alpha value is -3.01. The van der Waals surface area contributed by atoms with E-state index in [1.807, 2.05) is 0 Å². The number of benzene rings is 1. The van der Waals surface area contributed by atoms with E-state index in [0.717, 1.165) is 12.8 Å². The molecule has 4 rings (SSSR count). The summed E-state index contributed by atoms with van der Waals surface area (Å²) in [7, 11) is 0. The molecule has 1 saturated heterocycles.